The van der Waals surface area contributed by atoms with E-state index in [0.717, 1.165) is 43.3 Å². The van der Waals surface area contributed by atoms with Crippen LogP contribution in [0.1, 0.15) is 31.2 Å². The molecule has 0 amide bonds. The molecule has 1 fully saturated rings. The van der Waals surface area contributed by atoms with Crippen LogP contribution in [0.3, 0.4) is 0 Å². The lowest BCUT2D eigenvalue weighted by Gasteiger charge is -2.23. The number of ether oxygens (including phenoxy) is 1. The molecule has 1 aliphatic carbocycles. The van der Waals surface area contributed by atoms with E-state index in [9.17, 15) is 9.59 Å². The molecule has 0 spiro atoms. The van der Waals surface area contributed by atoms with E-state index in [1.807, 2.05) is 24.3 Å². The lowest BCUT2D eigenvalue weighted by molar-refractivity contribution is -0.140. The zero-order valence-electron chi connectivity index (χ0n) is 14.4. The van der Waals surface area contributed by atoms with Gasteiger partial charge in [-0.2, -0.15) is 0 Å². The monoisotopic (exact) mass is 337 g/mol. The molecule has 0 radical (unpaired) electrons. The molecule has 0 aromatic heterocycles. The molecule has 130 valence electrons. The second kappa shape index (κ2) is 7.97. The van der Waals surface area contributed by atoms with E-state index in [1.165, 1.54) is 5.56 Å². The first-order valence-electron chi connectivity index (χ1n) is 8.75. The van der Waals surface area contributed by atoms with E-state index in [4.69, 9.17) is 4.74 Å². The highest BCUT2D eigenvalue weighted by molar-refractivity contribution is 5.75. The van der Waals surface area contributed by atoms with Crippen molar-refractivity contribution in [2.24, 2.45) is 11.8 Å². The summed E-state index contributed by atoms with van der Waals surface area (Å²) in [6.45, 7) is 2.05. The van der Waals surface area contributed by atoms with Gasteiger partial charge in [-0.15, -0.1) is 0 Å². The fourth-order valence-corrected chi connectivity index (χ4v) is 3.10. The summed E-state index contributed by atoms with van der Waals surface area (Å²) in [4.78, 5) is 23.0. The number of nitrogens with one attached hydrogen (secondary N) is 1. The summed E-state index contributed by atoms with van der Waals surface area (Å²) < 4.78 is 5.49. The summed E-state index contributed by atoms with van der Waals surface area (Å²) in [5.74, 6) is 0.373. The minimum Gasteiger partial charge on any atom is -0.426 e. The molecule has 0 aliphatic heterocycles. The highest BCUT2D eigenvalue weighted by Gasteiger charge is 2.27. The molecule has 0 unspecified atom stereocenters. The summed E-state index contributed by atoms with van der Waals surface area (Å²) in [7, 11) is 0. The molecular formula is C21H23NO3. The zero-order valence-corrected chi connectivity index (χ0v) is 14.4. The maximum atomic E-state index is 12.2. The van der Waals surface area contributed by atoms with Gasteiger partial charge in [0.15, 0.2) is 0 Å². The Bertz CT molecular complexity index is 714. The van der Waals surface area contributed by atoms with Gasteiger partial charge in [0.1, 0.15) is 12.0 Å². The molecule has 1 aliphatic rings. The number of hydrogen-bond acceptors (Lipinski definition) is 4. The Kier molecular flexibility index (Phi) is 5.49. The van der Waals surface area contributed by atoms with Crippen LogP contribution in [-0.4, -0.2) is 12.3 Å². The van der Waals surface area contributed by atoms with Crippen LogP contribution in [0.4, 0.5) is 11.4 Å². The quantitative estimate of drug-likeness (QED) is 0.490. The van der Waals surface area contributed by atoms with Crippen molar-refractivity contribution in [3.63, 3.8) is 0 Å². The van der Waals surface area contributed by atoms with Crippen molar-refractivity contribution in [3.05, 3.63) is 54.1 Å². The Labute approximate surface area is 148 Å². The molecule has 25 heavy (non-hydrogen) atoms. The number of carbonyl (C=O) groups is 2. The fourth-order valence-electron chi connectivity index (χ4n) is 3.10. The first-order chi connectivity index (χ1) is 12.1. The maximum absolute atomic E-state index is 12.2. The first kappa shape index (κ1) is 17.2. The molecule has 3 rings (SSSR count). The van der Waals surface area contributed by atoms with Crippen molar-refractivity contribution in [2.45, 2.75) is 32.6 Å². The van der Waals surface area contributed by atoms with Crippen LogP contribution in [-0.2, 0) is 9.59 Å². The van der Waals surface area contributed by atoms with E-state index in [-0.39, 0.29) is 17.8 Å². The van der Waals surface area contributed by atoms with Crippen LogP contribution in [0.5, 0.6) is 5.75 Å². The van der Waals surface area contributed by atoms with Gasteiger partial charge in [0, 0.05) is 17.3 Å². The second-order valence-electron chi connectivity index (χ2n) is 6.68. The van der Waals surface area contributed by atoms with E-state index < -0.39 is 0 Å². The van der Waals surface area contributed by atoms with Gasteiger partial charge in [0.2, 0.25) is 0 Å². The number of anilines is 2. The number of benzene rings is 2. The van der Waals surface area contributed by atoms with E-state index in [0.29, 0.717) is 5.75 Å². The van der Waals surface area contributed by atoms with Crippen LogP contribution in [0.25, 0.3) is 0 Å². The molecule has 0 saturated heterocycles. The maximum Gasteiger partial charge on any atom is 0.314 e. The minimum atomic E-state index is -0.191. The molecule has 0 bridgehead atoms. The Balaban J connectivity index is 1.54. The third-order valence-electron chi connectivity index (χ3n) is 4.71. The molecular weight excluding hydrogens is 314 g/mol. The molecule has 1 N–H and O–H groups in total. The number of esters is 1. The molecule has 0 atom stereocenters. The van der Waals surface area contributed by atoms with Crippen LogP contribution in [0.15, 0.2) is 48.5 Å². The molecule has 2 aromatic rings. The largest absolute Gasteiger partial charge is 0.426 e. The molecule has 1 saturated carbocycles. The van der Waals surface area contributed by atoms with Crippen LogP contribution in [0.2, 0.25) is 0 Å². The predicted octanol–water partition coefficient (Wildman–Crippen LogP) is 4.65. The Morgan fingerprint density at radius 1 is 0.960 bits per heavy atom. The topological polar surface area (TPSA) is 55.4 Å². The average Bonchev–Trinajstić information content (AvgIpc) is 2.65. The SMILES string of the molecule is Cc1ccc(Nc2ccc(OC(=O)C3CCC(C=O)CC3)cc2)cc1. The number of carbonyl (C=O) groups excluding carboxylic acids is 2. The highest BCUT2D eigenvalue weighted by Crippen LogP contribution is 2.29. The van der Waals surface area contributed by atoms with Crippen molar-refractivity contribution in [1.29, 1.82) is 0 Å². The van der Waals surface area contributed by atoms with Gasteiger partial charge >= 0.3 is 5.97 Å². The minimum absolute atomic E-state index is 0.0958. The summed E-state index contributed by atoms with van der Waals surface area (Å²) >= 11 is 0. The summed E-state index contributed by atoms with van der Waals surface area (Å²) in [6, 6.07) is 15.5. The van der Waals surface area contributed by atoms with Gasteiger partial charge in [-0.3, -0.25) is 4.79 Å². The van der Waals surface area contributed by atoms with E-state index >= 15 is 0 Å². The Morgan fingerprint density at radius 3 is 2.08 bits per heavy atom. The predicted molar refractivity (Wildman–Crippen MR) is 98.1 cm³/mol. The molecule has 4 heteroatoms. The smallest absolute Gasteiger partial charge is 0.314 e. The third-order valence-corrected chi connectivity index (χ3v) is 4.71. The lowest BCUT2D eigenvalue weighted by Crippen LogP contribution is -2.26. The van der Waals surface area contributed by atoms with Gasteiger partial charge in [0.05, 0.1) is 5.92 Å². The van der Waals surface area contributed by atoms with Crippen LogP contribution >= 0.6 is 0 Å². The van der Waals surface area contributed by atoms with Crippen molar-refractivity contribution in [1.82, 2.24) is 0 Å². The van der Waals surface area contributed by atoms with Gasteiger partial charge in [-0.1, -0.05) is 17.7 Å². The fraction of sp³-hybridized carbons (Fsp3) is 0.333. The van der Waals surface area contributed by atoms with Gasteiger partial charge in [-0.25, -0.2) is 0 Å². The lowest BCUT2D eigenvalue weighted by atomic mass is 9.83. The number of hydrogen-bond donors (Lipinski definition) is 1. The standard InChI is InChI=1S/C21H23NO3/c1-15-2-8-18(9-3-15)22-19-10-12-20(13-11-19)25-21(24)17-6-4-16(14-23)5-7-17/h2-3,8-14,16-17,22H,4-7H2,1H3. The van der Waals surface area contributed by atoms with Crippen molar-refractivity contribution >= 4 is 23.6 Å². The zero-order chi connectivity index (χ0) is 17.6. The van der Waals surface area contributed by atoms with Crippen molar-refractivity contribution < 1.29 is 14.3 Å². The molecule has 2 aromatic carbocycles. The van der Waals surface area contributed by atoms with Gasteiger partial charge in [-0.05, 0) is 69.0 Å². The molecule has 0 heterocycles. The van der Waals surface area contributed by atoms with Crippen molar-refractivity contribution in [2.75, 3.05) is 5.32 Å². The van der Waals surface area contributed by atoms with Crippen LogP contribution < -0.4 is 10.1 Å². The summed E-state index contributed by atoms with van der Waals surface area (Å²) in [5, 5.41) is 3.31. The van der Waals surface area contributed by atoms with Crippen molar-refractivity contribution in [3.8, 4) is 5.75 Å². The third kappa shape index (κ3) is 4.69. The van der Waals surface area contributed by atoms with Gasteiger partial charge < -0.3 is 14.8 Å². The summed E-state index contributed by atoms with van der Waals surface area (Å²) in [5.41, 5.74) is 3.17. The average molecular weight is 337 g/mol. The summed E-state index contributed by atoms with van der Waals surface area (Å²) in [6.07, 6.45) is 4.03. The second-order valence-corrected chi connectivity index (χ2v) is 6.68. The highest BCUT2D eigenvalue weighted by atomic mass is 16.5. The molecule has 4 nitrogen and oxygen atoms in total. The number of aryl methyl sites for hydroxylation is 1. The Hall–Kier alpha value is -2.62. The number of rotatable bonds is 5. The number of aldehydes is 1. The van der Waals surface area contributed by atoms with Crippen LogP contribution in [0, 0.1) is 18.8 Å². The van der Waals surface area contributed by atoms with E-state index in [2.05, 4.69) is 24.4 Å². The Morgan fingerprint density at radius 2 is 1.52 bits per heavy atom. The normalized spacial score (nSPS) is 19.9. The van der Waals surface area contributed by atoms with E-state index in [1.54, 1.807) is 12.1 Å². The van der Waals surface area contributed by atoms with Gasteiger partial charge in [0.25, 0.3) is 0 Å². The first-order valence-corrected chi connectivity index (χ1v) is 8.75.